The molecule has 3 aromatic carbocycles. The Bertz CT molecular complexity index is 1210. The van der Waals surface area contributed by atoms with Crippen molar-refractivity contribution in [1.82, 2.24) is 0 Å². The molecular weight excluding hydrogens is 376 g/mol. The van der Waals surface area contributed by atoms with Crippen molar-refractivity contribution < 1.29 is 19.8 Å². The first-order chi connectivity index (χ1) is 14.3. The molecule has 4 heteroatoms. The molecule has 0 bridgehead atoms. The van der Waals surface area contributed by atoms with Gasteiger partial charge in [-0.3, -0.25) is 9.59 Å². The van der Waals surface area contributed by atoms with Crippen LogP contribution < -0.4 is 0 Å². The summed E-state index contributed by atoms with van der Waals surface area (Å²) in [6.07, 6.45) is 0. The number of fused-ring (bicyclic) bond motifs is 1. The molecule has 3 aromatic rings. The molecule has 30 heavy (non-hydrogen) atoms. The SMILES string of the molecule is Cc1ccccc1C1=C(c2ccccc2)C(C(=O)O)(C(=O)O)c2ccc(C)c(C)c21. The molecule has 150 valence electrons. The normalized spacial score (nSPS) is 14.5. The quantitative estimate of drug-likeness (QED) is 0.607. The standard InChI is InChI=1S/C26H22O4/c1-15-13-14-20-21(17(15)3)22(19-12-8-7-9-16(19)2)23(18-10-5-4-6-11-18)26(20,24(27)28)25(29)30/h4-14H,1-3H3,(H,27,28)(H,29,30). The van der Waals surface area contributed by atoms with Crippen LogP contribution in [0.5, 0.6) is 0 Å². The molecule has 0 aromatic heterocycles. The maximum atomic E-state index is 12.8. The van der Waals surface area contributed by atoms with Gasteiger partial charge in [0.1, 0.15) is 0 Å². The summed E-state index contributed by atoms with van der Waals surface area (Å²) in [6, 6.07) is 20.2. The van der Waals surface area contributed by atoms with Crippen molar-refractivity contribution in [1.29, 1.82) is 0 Å². The lowest BCUT2D eigenvalue weighted by atomic mass is 9.74. The molecule has 0 saturated carbocycles. The fourth-order valence-electron chi connectivity index (χ4n) is 4.52. The number of aliphatic carboxylic acids is 2. The van der Waals surface area contributed by atoms with Crippen LogP contribution >= 0.6 is 0 Å². The second-order valence-corrected chi connectivity index (χ2v) is 7.72. The van der Waals surface area contributed by atoms with Crippen molar-refractivity contribution in [3.05, 3.63) is 106 Å². The minimum Gasteiger partial charge on any atom is -0.480 e. The van der Waals surface area contributed by atoms with Crippen molar-refractivity contribution in [3.8, 4) is 0 Å². The summed E-state index contributed by atoms with van der Waals surface area (Å²) in [7, 11) is 0. The number of carboxylic acids is 2. The number of hydrogen-bond acceptors (Lipinski definition) is 2. The highest BCUT2D eigenvalue weighted by atomic mass is 16.4. The van der Waals surface area contributed by atoms with Crippen LogP contribution in [0.15, 0.2) is 66.7 Å². The smallest absolute Gasteiger partial charge is 0.330 e. The van der Waals surface area contributed by atoms with E-state index in [-0.39, 0.29) is 0 Å². The Morgan fingerprint density at radius 1 is 0.733 bits per heavy atom. The van der Waals surface area contributed by atoms with Crippen LogP contribution in [0, 0.1) is 20.8 Å². The van der Waals surface area contributed by atoms with Gasteiger partial charge in [-0.25, -0.2) is 0 Å². The fourth-order valence-corrected chi connectivity index (χ4v) is 4.52. The Kier molecular flexibility index (Phi) is 4.58. The minimum atomic E-state index is -2.19. The molecule has 2 N–H and O–H groups in total. The lowest BCUT2D eigenvalue weighted by Crippen LogP contribution is -2.43. The Morgan fingerprint density at radius 3 is 1.93 bits per heavy atom. The first-order valence-electron chi connectivity index (χ1n) is 9.75. The Labute approximate surface area is 175 Å². The maximum Gasteiger partial charge on any atom is 0.330 e. The summed E-state index contributed by atoms with van der Waals surface area (Å²) in [5.41, 5.74) is 4.08. The molecule has 0 radical (unpaired) electrons. The molecule has 1 aliphatic rings. The van der Waals surface area contributed by atoms with Gasteiger partial charge in [0.25, 0.3) is 0 Å². The van der Waals surface area contributed by atoms with Crippen LogP contribution in [-0.2, 0) is 15.0 Å². The third-order valence-electron chi connectivity index (χ3n) is 6.13. The Balaban J connectivity index is 2.30. The maximum absolute atomic E-state index is 12.8. The first kappa shape index (κ1) is 19.6. The number of carbonyl (C=O) groups is 2. The van der Waals surface area contributed by atoms with Crippen molar-refractivity contribution in [2.45, 2.75) is 26.2 Å². The first-order valence-corrected chi connectivity index (χ1v) is 9.75. The van der Waals surface area contributed by atoms with E-state index >= 15 is 0 Å². The van der Waals surface area contributed by atoms with E-state index in [0.717, 1.165) is 22.3 Å². The number of aryl methyl sites for hydroxylation is 2. The van der Waals surface area contributed by atoms with Crippen LogP contribution in [0.25, 0.3) is 11.1 Å². The summed E-state index contributed by atoms with van der Waals surface area (Å²) in [5.74, 6) is -2.77. The van der Waals surface area contributed by atoms with Crippen molar-refractivity contribution in [3.63, 3.8) is 0 Å². The molecule has 0 fully saturated rings. The third kappa shape index (κ3) is 2.53. The summed E-state index contributed by atoms with van der Waals surface area (Å²) >= 11 is 0. The Morgan fingerprint density at radius 2 is 1.33 bits per heavy atom. The van der Waals surface area contributed by atoms with Gasteiger partial charge < -0.3 is 10.2 Å². The topological polar surface area (TPSA) is 74.6 Å². The molecule has 0 aliphatic heterocycles. The molecule has 4 nitrogen and oxygen atoms in total. The number of carboxylic acid groups (broad SMARTS) is 2. The Hall–Kier alpha value is -3.66. The average Bonchev–Trinajstić information content (AvgIpc) is 3.04. The zero-order chi connectivity index (χ0) is 21.6. The molecular formula is C26H22O4. The van der Waals surface area contributed by atoms with Crippen molar-refractivity contribution >= 4 is 23.1 Å². The molecule has 0 heterocycles. The highest BCUT2D eigenvalue weighted by Crippen LogP contribution is 2.55. The highest BCUT2D eigenvalue weighted by Gasteiger charge is 2.58. The minimum absolute atomic E-state index is 0.307. The predicted octanol–water partition coefficient (Wildman–Crippen LogP) is 4.99. The lowest BCUT2D eigenvalue weighted by molar-refractivity contribution is -0.153. The summed E-state index contributed by atoms with van der Waals surface area (Å²) in [5, 5.41) is 20.8. The van der Waals surface area contributed by atoms with Gasteiger partial charge >= 0.3 is 11.9 Å². The van der Waals surface area contributed by atoms with Gasteiger partial charge in [-0.2, -0.15) is 0 Å². The molecule has 1 aliphatic carbocycles. The zero-order valence-corrected chi connectivity index (χ0v) is 17.1. The van der Waals surface area contributed by atoms with Gasteiger partial charge in [-0.05, 0) is 65.3 Å². The van der Waals surface area contributed by atoms with Gasteiger partial charge in [0.15, 0.2) is 0 Å². The second kappa shape index (κ2) is 6.99. The van der Waals surface area contributed by atoms with E-state index in [2.05, 4.69) is 0 Å². The van der Waals surface area contributed by atoms with Gasteiger partial charge in [0, 0.05) is 5.57 Å². The van der Waals surface area contributed by atoms with Crippen LogP contribution in [-0.4, -0.2) is 22.2 Å². The van der Waals surface area contributed by atoms with Crippen LogP contribution in [0.4, 0.5) is 0 Å². The van der Waals surface area contributed by atoms with Crippen LogP contribution in [0.2, 0.25) is 0 Å². The second-order valence-electron chi connectivity index (χ2n) is 7.72. The van der Waals surface area contributed by atoms with Gasteiger partial charge in [-0.1, -0.05) is 66.7 Å². The molecule has 4 rings (SSSR count). The summed E-state index contributed by atoms with van der Waals surface area (Å²) in [4.78, 5) is 25.5. The molecule has 0 atom stereocenters. The zero-order valence-electron chi connectivity index (χ0n) is 17.1. The summed E-state index contributed by atoms with van der Waals surface area (Å²) < 4.78 is 0. The number of rotatable bonds is 4. The molecule has 0 spiro atoms. The summed E-state index contributed by atoms with van der Waals surface area (Å²) in [6.45, 7) is 5.83. The molecule has 0 amide bonds. The van der Waals surface area contributed by atoms with Crippen molar-refractivity contribution in [2.24, 2.45) is 0 Å². The van der Waals surface area contributed by atoms with E-state index in [1.807, 2.05) is 51.1 Å². The molecule has 0 saturated heterocycles. The van der Waals surface area contributed by atoms with Gasteiger partial charge in [0.2, 0.25) is 5.41 Å². The van der Waals surface area contributed by atoms with E-state index in [0.29, 0.717) is 27.8 Å². The van der Waals surface area contributed by atoms with Crippen LogP contribution in [0.3, 0.4) is 0 Å². The van der Waals surface area contributed by atoms with Crippen molar-refractivity contribution in [2.75, 3.05) is 0 Å². The largest absolute Gasteiger partial charge is 0.480 e. The molecule has 0 unspecified atom stereocenters. The number of benzene rings is 3. The van der Waals surface area contributed by atoms with E-state index in [4.69, 9.17) is 0 Å². The van der Waals surface area contributed by atoms with E-state index in [9.17, 15) is 19.8 Å². The van der Waals surface area contributed by atoms with Crippen LogP contribution in [0.1, 0.15) is 38.9 Å². The monoisotopic (exact) mass is 398 g/mol. The fraction of sp³-hybridized carbons (Fsp3) is 0.154. The average molecular weight is 398 g/mol. The van der Waals surface area contributed by atoms with E-state index in [1.54, 1.807) is 36.4 Å². The van der Waals surface area contributed by atoms with E-state index < -0.39 is 17.4 Å². The predicted molar refractivity (Wildman–Crippen MR) is 116 cm³/mol. The number of hydrogen-bond donors (Lipinski definition) is 2. The highest BCUT2D eigenvalue weighted by molar-refractivity contribution is 6.27. The van der Waals surface area contributed by atoms with E-state index in [1.165, 1.54) is 0 Å². The lowest BCUT2D eigenvalue weighted by Gasteiger charge is -2.25. The van der Waals surface area contributed by atoms with Gasteiger partial charge in [0.05, 0.1) is 0 Å². The third-order valence-corrected chi connectivity index (χ3v) is 6.13. The van der Waals surface area contributed by atoms with Gasteiger partial charge in [-0.15, -0.1) is 0 Å².